The maximum absolute atomic E-state index is 13.2. The maximum atomic E-state index is 13.2. The normalized spacial score (nSPS) is 11.6. The van der Waals surface area contributed by atoms with Crippen molar-refractivity contribution >= 4 is 44.9 Å². The van der Waals surface area contributed by atoms with Crippen molar-refractivity contribution in [2.24, 2.45) is 0 Å². The Morgan fingerprint density at radius 2 is 1.85 bits per heavy atom. The third-order valence-electron chi connectivity index (χ3n) is 4.83. The summed E-state index contributed by atoms with van der Waals surface area (Å²) >= 11 is 2.29. The highest BCUT2D eigenvalue weighted by Gasteiger charge is 2.33. The number of benzene rings is 2. The quantitative estimate of drug-likeness (QED) is 0.284. The Hall–Kier alpha value is -3.11. The lowest BCUT2D eigenvalue weighted by Crippen LogP contribution is -2.24. The number of hydrogen-bond acceptors (Lipinski definition) is 5. The zero-order chi connectivity index (χ0) is 23.6. The van der Waals surface area contributed by atoms with Crippen molar-refractivity contribution in [3.8, 4) is 0 Å². The number of nitrogens with one attached hydrogen (secondary N) is 1. The number of thiophene rings is 1. The van der Waals surface area contributed by atoms with Crippen molar-refractivity contribution in [1.82, 2.24) is 9.55 Å². The highest BCUT2D eigenvalue weighted by molar-refractivity contribution is 7.99. The Morgan fingerprint density at radius 1 is 1.12 bits per heavy atom. The van der Waals surface area contributed by atoms with E-state index < -0.39 is 17.6 Å². The minimum atomic E-state index is -4.59. The van der Waals surface area contributed by atoms with E-state index in [1.165, 1.54) is 34.1 Å². The number of fused-ring (bicyclic) bond motifs is 1. The average molecular weight is 490 g/mol. The summed E-state index contributed by atoms with van der Waals surface area (Å²) in [5.74, 6) is -0.833. The van der Waals surface area contributed by atoms with Crippen LogP contribution in [-0.2, 0) is 17.5 Å². The van der Waals surface area contributed by atoms with Crippen LogP contribution >= 0.6 is 23.1 Å². The van der Waals surface area contributed by atoms with Crippen LogP contribution < -0.4 is 10.9 Å². The monoisotopic (exact) mass is 489 g/mol. The highest BCUT2D eigenvalue weighted by Crippen LogP contribution is 2.34. The van der Waals surface area contributed by atoms with Crippen molar-refractivity contribution < 1.29 is 18.0 Å². The maximum Gasteiger partial charge on any atom is 0.418 e. The number of carbonyl (C=O) groups is 1. The van der Waals surface area contributed by atoms with E-state index in [-0.39, 0.29) is 23.5 Å². The molecule has 0 unspecified atom stereocenters. The first-order valence-electron chi connectivity index (χ1n) is 9.85. The fraction of sp³-hybridized carbons (Fsp3) is 0.174. The fourth-order valence-electron chi connectivity index (χ4n) is 3.20. The van der Waals surface area contributed by atoms with Crippen LogP contribution in [0.25, 0.3) is 10.2 Å². The molecule has 33 heavy (non-hydrogen) atoms. The van der Waals surface area contributed by atoms with Gasteiger partial charge >= 0.3 is 6.18 Å². The van der Waals surface area contributed by atoms with Gasteiger partial charge in [0, 0.05) is 0 Å². The molecule has 0 bridgehead atoms. The van der Waals surface area contributed by atoms with Gasteiger partial charge in [0.1, 0.15) is 4.70 Å². The lowest BCUT2D eigenvalue weighted by molar-refractivity contribution is -0.137. The highest BCUT2D eigenvalue weighted by atomic mass is 32.2. The summed E-state index contributed by atoms with van der Waals surface area (Å²) in [4.78, 5) is 30.0. The number of alkyl halides is 3. The van der Waals surface area contributed by atoms with Crippen LogP contribution in [0.15, 0.2) is 69.9 Å². The van der Waals surface area contributed by atoms with Crippen molar-refractivity contribution in [3.63, 3.8) is 0 Å². The minimum absolute atomic E-state index is 0.206. The third-order valence-corrected chi connectivity index (χ3v) is 6.70. The lowest BCUT2D eigenvalue weighted by atomic mass is 10.1. The molecule has 170 valence electrons. The number of nitrogens with zero attached hydrogens (tertiary/aromatic N) is 2. The Kier molecular flexibility index (Phi) is 6.57. The first-order chi connectivity index (χ1) is 15.7. The summed E-state index contributed by atoms with van der Waals surface area (Å²) in [6, 6.07) is 14.2. The van der Waals surface area contributed by atoms with Crippen LogP contribution in [0.2, 0.25) is 0 Å². The molecule has 1 amide bonds. The molecule has 0 radical (unpaired) electrons. The van der Waals surface area contributed by atoms with Crippen LogP contribution in [-0.4, -0.2) is 21.2 Å². The van der Waals surface area contributed by atoms with Crippen LogP contribution in [0.4, 0.5) is 18.9 Å². The molecule has 4 aromatic rings. The molecular formula is C23H18F3N3O2S2. The molecule has 0 saturated carbocycles. The molecule has 0 atom stereocenters. The van der Waals surface area contributed by atoms with E-state index in [2.05, 4.69) is 10.3 Å². The lowest BCUT2D eigenvalue weighted by Gasteiger charge is -2.14. The molecule has 2 heterocycles. The van der Waals surface area contributed by atoms with Crippen molar-refractivity contribution in [3.05, 3.63) is 87.0 Å². The van der Waals surface area contributed by atoms with Gasteiger partial charge in [0.25, 0.3) is 5.56 Å². The van der Waals surface area contributed by atoms with Crippen molar-refractivity contribution in [1.29, 1.82) is 0 Å². The number of anilines is 1. The first-order valence-corrected chi connectivity index (χ1v) is 11.7. The molecule has 0 spiro atoms. The van der Waals surface area contributed by atoms with Gasteiger partial charge in [-0.3, -0.25) is 14.2 Å². The number of carbonyl (C=O) groups excluding carboxylic acids is 1. The average Bonchev–Trinajstić information content (AvgIpc) is 3.24. The second-order valence-corrected chi connectivity index (χ2v) is 9.15. The van der Waals surface area contributed by atoms with Gasteiger partial charge in [0.15, 0.2) is 5.16 Å². The van der Waals surface area contributed by atoms with E-state index >= 15 is 0 Å². The van der Waals surface area contributed by atoms with Crippen molar-refractivity contribution in [2.75, 3.05) is 11.1 Å². The van der Waals surface area contributed by atoms with Crippen LogP contribution in [0.3, 0.4) is 0 Å². The van der Waals surface area contributed by atoms with E-state index in [9.17, 15) is 22.8 Å². The Labute approximate surface area is 195 Å². The largest absolute Gasteiger partial charge is 0.418 e. The second-order valence-electron chi connectivity index (χ2n) is 7.29. The summed E-state index contributed by atoms with van der Waals surface area (Å²) in [7, 11) is 0. The van der Waals surface area contributed by atoms with Gasteiger partial charge < -0.3 is 5.32 Å². The topological polar surface area (TPSA) is 64.0 Å². The number of hydrogen-bond donors (Lipinski definition) is 1. The predicted molar refractivity (Wildman–Crippen MR) is 125 cm³/mol. The summed E-state index contributed by atoms with van der Waals surface area (Å²) < 4.78 is 41.6. The smallest absolute Gasteiger partial charge is 0.325 e. The molecule has 0 fully saturated rings. The fourth-order valence-corrected chi connectivity index (χ4v) is 4.78. The summed E-state index contributed by atoms with van der Waals surface area (Å²) in [6.07, 6.45) is -4.59. The zero-order valence-corrected chi connectivity index (χ0v) is 19.0. The molecule has 2 aromatic heterocycles. The standard InChI is InChI=1S/C23H18F3N3O2S2/c1-14-6-8-15(9-7-14)12-29-21(31)20-18(10-11-32-20)28-22(29)33-13-19(30)27-17-5-3-2-4-16(17)23(24,25)26/h2-11H,12-13H2,1H3,(H,27,30). The molecule has 10 heteroatoms. The Bertz CT molecular complexity index is 1360. The molecule has 0 aliphatic heterocycles. The van der Waals surface area contributed by atoms with Gasteiger partial charge in [0.2, 0.25) is 5.91 Å². The van der Waals surface area contributed by atoms with Gasteiger partial charge in [-0.05, 0) is 36.1 Å². The Balaban J connectivity index is 1.58. The molecule has 4 rings (SSSR count). The number of aromatic nitrogens is 2. The number of aryl methyl sites for hydroxylation is 1. The molecule has 2 aromatic carbocycles. The first kappa shape index (κ1) is 23.1. The van der Waals surface area contributed by atoms with Crippen LogP contribution in [0.1, 0.15) is 16.7 Å². The molecule has 5 nitrogen and oxygen atoms in total. The van der Waals surface area contributed by atoms with Crippen LogP contribution in [0.5, 0.6) is 0 Å². The number of thioether (sulfide) groups is 1. The molecule has 0 aliphatic rings. The SMILES string of the molecule is Cc1ccc(Cn2c(SCC(=O)Nc3ccccc3C(F)(F)F)nc3ccsc3c2=O)cc1. The second kappa shape index (κ2) is 9.40. The summed E-state index contributed by atoms with van der Waals surface area (Å²) in [6.45, 7) is 2.23. The van der Waals surface area contributed by atoms with Gasteiger partial charge in [-0.15, -0.1) is 11.3 Å². The van der Waals surface area contributed by atoms with E-state index in [4.69, 9.17) is 0 Å². The third kappa shape index (κ3) is 5.28. The van der Waals surface area contributed by atoms with Gasteiger partial charge in [0.05, 0.1) is 29.1 Å². The van der Waals surface area contributed by atoms with Crippen LogP contribution in [0, 0.1) is 6.92 Å². The molecule has 1 N–H and O–H groups in total. The summed E-state index contributed by atoms with van der Waals surface area (Å²) in [5.41, 5.74) is 1.05. The van der Waals surface area contributed by atoms with Crippen molar-refractivity contribution in [2.45, 2.75) is 24.8 Å². The van der Waals surface area contributed by atoms with E-state index in [1.54, 1.807) is 11.4 Å². The predicted octanol–water partition coefficient (Wildman–Crippen LogP) is 5.56. The van der Waals surface area contributed by atoms with Gasteiger partial charge in [-0.1, -0.05) is 53.7 Å². The zero-order valence-electron chi connectivity index (χ0n) is 17.3. The minimum Gasteiger partial charge on any atom is -0.325 e. The number of rotatable bonds is 6. The Morgan fingerprint density at radius 3 is 2.58 bits per heavy atom. The molecule has 0 saturated heterocycles. The van der Waals surface area contributed by atoms with E-state index in [0.717, 1.165) is 29.0 Å². The van der Waals surface area contributed by atoms with E-state index in [1.807, 2.05) is 31.2 Å². The summed E-state index contributed by atoms with van der Waals surface area (Å²) in [5, 5.41) is 4.41. The molecular weight excluding hydrogens is 471 g/mol. The van der Waals surface area contributed by atoms with Gasteiger partial charge in [-0.2, -0.15) is 13.2 Å². The number of para-hydroxylation sites is 1. The van der Waals surface area contributed by atoms with E-state index in [0.29, 0.717) is 15.4 Å². The van der Waals surface area contributed by atoms with Gasteiger partial charge in [-0.25, -0.2) is 4.98 Å². The number of amides is 1. The number of halogens is 3. The molecule has 0 aliphatic carbocycles.